The van der Waals surface area contributed by atoms with Crippen molar-refractivity contribution < 1.29 is 61.0 Å². The first-order valence-electron chi connectivity index (χ1n) is 1.53. The normalized spacial score (nSPS) is 5.67. The number of aliphatic carboxylic acids is 1. The van der Waals surface area contributed by atoms with Gasteiger partial charge >= 0.3 is 16.8 Å². The summed E-state index contributed by atoms with van der Waals surface area (Å²) in [7, 11) is -4.94. The summed E-state index contributed by atoms with van der Waals surface area (Å²) in [6, 6.07) is 0. The first-order chi connectivity index (χ1) is 3.73. The van der Waals surface area contributed by atoms with Crippen molar-refractivity contribution >= 4 is 5.97 Å². The molecular weight excluding hydrogens is 286 g/mol. The predicted octanol–water partition coefficient (Wildman–Crippen LogP) is -6.28. The zero-order chi connectivity index (χ0) is 8.08. The molecule has 0 atom stereocenters. The minimum atomic E-state index is -4.94. The SMILES string of the molecule is CC(=O)[O-].N.N.N.N.[Co+3].[O-][Cl+3]([O-])([O-])[O-].[OH3+]. The monoisotopic (exact) mass is 304 g/mol. The van der Waals surface area contributed by atoms with E-state index in [4.69, 9.17) is 28.5 Å². The van der Waals surface area contributed by atoms with Crippen molar-refractivity contribution in [3.8, 4) is 0 Å². The third kappa shape index (κ3) is 225000. The molecule has 13 heteroatoms. The molecule has 0 aliphatic rings. The van der Waals surface area contributed by atoms with Crippen LogP contribution in [0, 0.1) is 10.2 Å². The van der Waals surface area contributed by atoms with Gasteiger partial charge in [0.1, 0.15) is 0 Å². The molecule has 0 fully saturated rings. The number of rotatable bonds is 0. The Kier molecular flexibility index (Phi) is 118. The van der Waals surface area contributed by atoms with Gasteiger partial charge in [-0.2, -0.15) is 0 Å². The van der Waals surface area contributed by atoms with Crippen LogP contribution in [0.2, 0.25) is 0 Å². The van der Waals surface area contributed by atoms with Crippen molar-refractivity contribution in [2.24, 2.45) is 0 Å². The second-order valence-corrected chi connectivity index (χ2v) is 1.63. The van der Waals surface area contributed by atoms with Crippen molar-refractivity contribution in [3.63, 3.8) is 0 Å². The molecule has 0 aromatic rings. The van der Waals surface area contributed by atoms with Crippen molar-refractivity contribution in [2.45, 2.75) is 6.92 Å². The van der Waals surface area contributed by atoms with Crippen LogP contribution in [0.25, 0.3) is 0 Å². The van der Waals surface area contributed by atoms with E-state index in [-0.39, 0.29) is 46.9 Å². The maximum atomic E-state index is 8.89. The standard InChI is InChI=1S/C2H4O2.ClHO4.Co.4H3N.H2O/c1-2(3)4;2-1(3,4)5;;;;;;/h1H3,(H,3,4);(H,2,3,4,5);;4*1H3;1H2/q;;+3;;;;;/p-1. The fourth-order valence-corrected chi connectivity index (χ4v) is 0. The van der Waals surface area contributed by atoms with Crippen molar-refractivity contribution in [1.29, 1.82) is 0 Å². The van der Waals surface area contributed by atoms with Crippen molar-refractivity contribution in [1.82, 2.24) is 24.6 Å². The zero-order valence-corrected chi connectivity index (χ0v) is 9.86. The summed E-state index contributed by atoms with van der Waals surface area (Å²) in [5.74, 6) is -1.08. The first kappa shape index (κ1) is 60.4. The fourth-order valence-electron chi connectivity index (χ4n) is 0. The summed E-state index contributed by atoms with van der Waals surface area (Å²) in [6.45, 7) is 0.972. The maximum Gasteiger partial charge on any atom is 3.00 e. The number of carbonyl (C=O) groups is 1. The van der Waals surface area contributed by atoms with E-state index < -0.39 is 16.2 Å². The van der Waals surface area contributed by atoms with Crippen LogP contribution in [0.3, 0.4) is 0 Å². The molecule has 0 aromatic carbocycles. The van der Waals surface area contributed by atoms with E-state index in [2.05, 4.69) is 0 Å². The maximum absolute atomic E-state index is 8.89. The Hall–Kier alpha value is -0.0935. The van der Waals surface area contributed by atoms with E-state index in [1.807, 2.05) is 0 Å². The molecule has 15 heavy (non-hydrogen) atoms. The molecule has 0 amide bonds. The van der Waals surface area contributed by atoms with Gasteiger partial charge in [0.25, 0.3) is 0 Å². The number of carboxylic acids is 1. The molecule has 0 saturated carbocycles. The van der Waals surface area contributed by atoms with Gasteiger partial charge in [-0.05, 0) is 6.92 Å². The fraction of sp³-hybridized carbons (Fsp3) is 0.500. The van der Waals surface area contributed by atoms with Gasteiger partial charge in [0, 0.05) is 5.97 Å². The molecule has 0 unspecified atom stereocenters. The summed E-state index contributed by atoms with van der Waals surface area (Å²) < 4.78 is 34.0. The van der Waals surface area contributed by atoms with E-state index in [0.717, 1.165) is 6.92 Å². The van der Waals surface area contributed by atoms with E-state index in [0.29, 0.717) is 0 Å². The van der Waals surface area contributed by atoms with E-state index in [9.17, 15) is 0 Å². The van der Waals surface area contributed by atoms with Gasteiger partial charge in [-0.15, -0.1) is 10.2 Å². The van der Waals surface area contributed by atoms with Crippen LogP contribution in [-0.4, -0.2) is 5.97 Å². The number of halogens is 1. The molecule has 0 aromatic heterocycles. The van der Waals surface area contributed by atoms with Crippen LogP contribution in [-0.2, 0) is 27.0 Å². The third-order valence-electron chi connectivity index (χ3n) is 0. The molecule has 0 heterocycles. The van der Waals surface area contributed by atoms with Crippen LogP contribution in [0.5, 0.6) is 0 Å². The number of carboxylic acid groups (broad SMARTS) is 1. The first-order valence-corrected chi connectivity index (χ1v) is 2.76. The topological polar surface area (TPSA) is 305 Å². The van der Waals surface area contributed by atoms with Crippen LogP contribution in [0.15, 0.2) is 0 Å². The van der Waals surface area contributed by atoms with Gasteiger partial charge in [0.2, 0.25) is 0 Å². The van der Waals surface area contributed by atoms with Crippen LogP contribution in [0.4, 0.5) is 0 Å². The Morgan fingerprint density at radius 2 is 0.933 bits per heavy atom. The molecule has 15 N–H and O–H groups in total. The number of hydrogen-bond acceptors (Lipinski definition) is 10. The molecular formula is C2H18ClCoN4O7+2. The molecule has 0 aliphatic carbocycles. The zero-order valence-electron chi connectivity index (χ0n) is 8.07. The van der Waals surface area contributed by atoms with Crippen LogP contribution < -0.4 is 48.3 Å². The Balaban J connectivity index is -0.00000000785. The molecule has 0 aliphatic heterocycles. The number of carbonyl (C=O) groups excluding carboxylic acids is 1. The average molecular weight is 305 g/mol. The van der Waals surface area contributed by atoms with E-state index in [1.165, 1.54) is 0 Å². The molecule has 11 nitrogen and oxygen atoms in total. The average Bonchev–Trinajstić information content (AvgIpc) is 1.19. The van der Waals surface area contributed by atoms with Gasteiger partial charge in [-0.1, -0.05) is 0 Å². The van der Waals surface area contributed by atoms with E-state index >= 15 is 0 Å². The summed E-state index contributed by atoms with van der Waals surface area (Å²) in [6.07, 6.45) is 0. The summed E-state index contributed by atoms with van der Waals surface area (Å²) >= 11 is 0. The largest absolute Gasteiger partial charge is 3.00 e. The van der Waals surface area contributed by atoms with E-state index in [1.54, 1.807) is 0 Å². The molecule has 0 spiro atoms. The van der Waals surface area contributed by atoms with Gasteiger partial charge < -0.3 is 40.0 Å². The Labute approximate surface area is 99.0 Å². The van der Waals surface area contributed by atoms with Gasteiger partial charge in [-0.3, -0.25) is 0 Å². The molecule has 0 radical (unpaired) electrons. The minimum absolute atomic E-state index is 0. The third-order valence-corrected chi connectivity index (χ3v) is 0. The molecule has 0 saturated heterocycles. The Morgan fingerprint density at radius 3 is 0.933 bits per heavy atom. The van der Waals surface area contributed by atoms with Crippen molar-refractivity contribution in [2.75, 3.05) is 0 Å². The molecule has 102 valence electrons. The Bertz CT molecular complexity index is 91.5. The molecule has 0 bridgehead atoms. The second-order valence-electron chi connectivity index (χ2n) is 0.870. The minimum Gasteiger partial charge on any atom is -0.550 e. The van der Waals surface area contributed by atoms with Crippen LogP contribution in [0.1, 0.15) is 6.92 Å². The molecule has 0 rings (SSSR count). The summed E-state index contributed by atoms with van der Waals surface area (Å²) in [5.41, 5.74) is 0. The van der Waals surface area contributed by atoms with Crippen molar-refractivity contribution in [3.05, 3.63) is 0 Å². The quantitative estimate of drug-likeness (QED) is 0.306. The second kappa shape index (κ2) is 29.2. The number of hydrogen-bond donors (Lipinski definition) is 4. The van der Waals surface area contributed by atoms with Gasteiger partial charge in [0.05, 0.1) is 0 Å². The van der Waals surface area contributed by atoms with Gasteiger partial charge in [-0.25, -0.2) is 18.6 Å². The van der Waals surface area contributed by atoms with Crippen LogP contribution >= 0.6 is 0 Å². The summed E-state index contributed by atoms with van der Waals surface area (Å²) in [4.78, 5) is 8.89. The Morgan fingerprint density at radius 1 is 0.933 bits per heavy atom. The predicted molar refractivity (Wildman–Crippen MR) is 35.6 cm³/mol. The summed E-state index contributed by atoms with van der Waals surface area (Å²) in [5, 5.41) is 8.89. The van der Waals surface area contributed by atoms with Gasteiger partial charge in [0.15, 0.2) is 0 Å². The smallest absolute Gasteiger partial charge is 0.550 e.